The summed E-state index contributed by atoms with van der Waals surface area (Å²) in [4.78, 5) is 24.7. The van der Waals surface area contributed by atoms with Gasteiger partial charge in [-0.2, -0.15) is 4.80 Å². The summed E-state index contributed by atoms with van der Waals surface area (Å²) in [6.45, 7) is 0.748. The van der Waals surface area contributed by atoms with Crippen molar-refractivity contribution in [3.63, 3.8) is 0 Å². The highest BCUT2D eigenvalue weighted by Gasteiger charge is 2.37. The van der Waals surface area contributed by atoms with E-state index in [2.05, 4.69) is 20.7 Å². The number of aromatic nitrogens is 4. The second-order valence-electron chi connectivity index (χ2n) is 5.75. The number of fused-ring (bicyclic) bond motifs is 1. The Bertz CT molecular complexity index is 828. The molecule has 1 atom stereocenters. The van der Waals surface area contributed by atoms with E-state index >= 15 is 0 Å². The molecule has 3 rings (SSSR count). The van der Waals surface area contributed by atoms with Crippen LogP contribution in [0.3, 0.4) is 0 Å². The normalized spacial score (nSPS) is 15.9. The number of benzene rings is 1. The third-order valence-corrected chi connectivity index (χ3v) is 3.84. The van der Waals surface area contributed by atoms with E-state index in [0.717, 1.165) is 0 Å². The lowest BCUT2D eigenvalue weighted by molar-refractivity contribution is -0.121. The smallest absolute Gasteiger partial charge is 0.534 e. The maximum absolute atomic E-state index is 12.2. The minimum atomic E-state index is -1.37. The quantitative estimate of drug-likeness (QED) is 0.427. The molecule has 1 amide bonds. The summed E-state index contributed by atoms with van der Waals surface area (Å²) in [5, 5.41) is 33.5. The highest BCUT2D eigenvalue weighted by molar-refractivity contribution is 6.47. The Morgan fingerprint density at radius 3 is 3.00 bits per heavy atom. The zero-order chi connectivity index (χ0) is 18.7. The van der Waals surface area contributed by atoms with Crippen LogP contribution >= 0.6 is 0 Å². The second kappa shape index (κ2) is 7.50. The molecule has 0 saturated heterocycles. The molecule has 5 N–H and O–H groups in total. The number of carbonyl (C=O) groups is 2. The van der Waals surface area contributed by atoms with Crippen molar-refractivity contribution >= 4 is 19.0 Å². The molecule has 0 radical (unpaired) electrons. The first kappa shape index (κ1) is 17.8. The number of para-hydroxylation sites is 1. The first-order valence-electron chi connectivity index (χ1n) is 7.94. The predicted molar refractivity (Wildman–Crippen MR) is 88.2 cm³/mol. The molecule has 0 spiro atoms. The molecular formula is C14H17BN6O5. The number of carboxylic acids is 1. The number of hydrogen-bond acceptors (Lipinski definition) is 8. The van der Waals surface area contributed by atoms with Gasteiger partial charge in [-0.15, -0.1) is 10.2 Å². The van der Waals surface area contributed by atoms with Crippen molar-refractivity contribution in [2.75, 3.05) is 6.54 Å². The van der Waals surface area contributed by atoms with Crippen LogP contribution < -0.4 is 15.7 Å². The van der Waals surface area contributed by atoms with E-state index in [1.54, 1.807) is 12.1 Å². The van der Waals surface area contributed by atoms with Crippen molar-refractivity contribution < 1.29 is 24.4 Å². The van der Waals surface area contributed by atoms with Crippen LogP contribution in [0.4, 0.5) is 0 Å². The molecule has 0 aliphatic carbocycles. The Morgan fingerprint density at radius 2 is 2.27 bits per heavy atom. The van der Waals surface area contributed by atoms with E-state index < -0.39 is 24.9 Å². The van der Waals surface area contributed by atoms with Gasteiger partial charge in [0.2, 0.25) is 5.91 Å². The molecule has 12 heteroatoms. The summed E-state index contributed by atoms with van der Waals surface area (Å²) in [6.07, 6.45) is 0.118. The third kappa shape index (κ3) is 3.81. The van der Waals surface area contributed by atoms with Gasteiger partial charge >= 0.3 is 13.1 Å². The number of amides is 1. The van der Waals surface area contributed by atoms with E-state index in [4.69, 9.17) is 10.4 Å². The molecule has 1 unspecified atom stereocenters. The number of nitrogens with one attached hydrogen (secondary N) is 1. The van der Waals surface area contributed by atoms with Gasteiger partial charge < -0.3 is 25.8 Å². The molecule has 0 bridgehead atoms. The predicted octanol–water partition coefficient (Wildman–Crippen LogP) is -1.99. The van der Waals surface area contributed by atoms with Gasteiger partial charge in [0.25, 0.3) is 0 Å². The number of hydrogen-bond donors (Lipinski definition) is 4. The summed E-state index contributed by atoms with van der Waals surface area (Å²) < 4.78 is 5.32. The zero-order valence-corrected chi connectivity index (χ0v) is 13.7. The average Bonchev–Trinajstić information content (AvgIpc) is 3.02. The Morgan fingerprint density at radius 1 is 1.46 bits per heavy atom. The van der Waals surface area contributed by atoms with Gasteiger partial charge in [0, 0.05) is 6.54 Å². The van der Waals surface area contributed by atoms with Crippen LogP contribution in [0, 0.1) is 0 Å². The topological polar surface area (TPSA) is 165 Å². The van der Waals surface area contributed by atoms with Crippen LogP contribution in [0.1, 0.15) is 21.7 Å². The maximum Gasteiger partial charge on any atom is 0.547 e. The zero-order valence-electron chi connectivity index (χ0n) is 13.7. The van der Waals surface area contributed by atoms with Gasteiger partial charge in [0.1, 0.15) is 5.75 Å². The van der Waals surface area contributed by atoms with Crippen LogP contribution in [0.5, 0.6) is 5.75 Å². The fourth-order valence-corrected chi connectivity index (χ4v) is 2.67. The summed E-state index contributed by atoms with van der Waals surface area (Å²) in [5.74, 6) is -1.94. The van der Waals surface area contributed by atoms with Crippen LogP contribution in [-0.2, 0) is 24.2 Å². The van der Waals surface area contributed by atoms with Crippen LogP contribution in [0.15, 0.2) is 18.2 Å². The number of nitrogens with zero attached hydrogens (tertiary/aromatic N) is 4. The number of rotatable bonds is 6. The van der Waals surface area contributed by atoms with Gasteiger partial charge in [-0.05, 0) is 23.3 Å². The van der Waals surface area contributed by atoms with Crippen molar-refractivity contribution in [3.8, 4) is 5.75 Å². The average molecular weight is 360 g/mol. The molecule has 0 fully saturated rings. The summed E-state index contributed by atoms with van der Waals surface area (Å²) in [7, 11) is -1.37. The van der Waals surface area contributed by atoms with E-state index in [-0.39, 0.29) is 30.0 Å². The minimum absolute atomic E-state index is 0.0351. The van der Waals surface area contributed by atoms with Crippen molar-refractivity contribution in [1.82, 2.24) is 25.5 Å². The highest BCUT2D eigenvalue weighted by Crippen LogP contribution is 2.30. The van der Waals surface area contributed by atoms with Crippen LogP contribution in [-0.4, -0.2) is 61.8 Å². The molecule has 11 nitrogen and oxygen atoms in total. The number of nitrogens with two attached hydrogens (primary N) is 1. The Hall–Kier alpha value is -2.99. The Kier molecular flexibility index (Phi) is 5.14. The fourth-order valence-electron chi connectivity index (χ4n) is 2.67. The standard InChI is InChI=1S/C14H17BN6O5/c16-4-5-21-19-11(18-20-21)7-12(22)17-10-6-8-2-1-3-9(14(23)24)13(8)26-15(10)25/h1-3,10,25H,4-7,16H2,(H,17,22)(H,23,24). The summed E-state index contributed by atoms with van der Waals surface area (Å²) in [5.41, 5.74) is 5.95. The van der Waals surface area contributed by atoms with Crippen molar-refractivity contribution in [2.45, 2.75) is 25.3 Å². The molecule has 1 aromatic carbocycles. The van der Waals surface area contributed by atoms with E-state index in [0.29, 0.717) is 18.7 Å². The van der Waals surface area contributed by atoms with E-state index in [1.165, 1.54) is 10.9 Å². The third-order valence-electron chi connectivity index (χ3n) is 3.84. The first-order chi connectivity index (χ1) is 12.5. The molecule has 136 valence electrons. The van der Waals surface area contributed by atoms with E-state index in [1.807, 2.05) is 0 Å². The van der Waals surface area contributed by atoms with Gasteiger partial charge in [-0.25, -0.2) is 4.79 Å². The number of carboxylic acid groups (broad SMARTS) is 1. The summed E-state index contributed by atoms with van der Waals surface area (Å²) in [6, 6.07) is 4.66. The van der Waals surface area contributed by atoms with Gasteiger partial charge in [-0.1, -0.05) is 12.1 Å². The second-order valence-corrected chi connectivity index (χ2v) is 5.75. The molecule has 26 heavy (non-hydrogen) atoms. The monoisotopic (exact) mass is 360 g/mol. The lowest BCUT2D eigenvalue weighted by Gasteiger charge is -2.28. The Labute approximate surface area is 148 Å². The fraction of sp³-hybridized carbons (Fsp3) is 0.357. The highest BCUT2D eigenvalue weighted by atomic mass is 16.5. The molecule has 1 aromatic heterocycles. The lowest BCUT2D eigenvalue weighted by atomic mass is 9.72. The molecule has 1 aliphatic rings. The first-order valence-corrected chi connectivity index (χ1v) is 7.94. The minimum Gasteiger partial charge on any atom is -0.534 e. The maximum atomic E-state index is 12.2. The number of aromatic carboxylic acids is 1. The van der Waals surface area contributed by atoms with E-state index in [9.17, 15) is 19.7 Å². The Balaban J connectivity index is 1.66. The summed E-state index contributed by atoms with van der Waals surface area (Å²) >= 11 is 0. The van der Waals surface area contributed by atoms with Crippen LogP contribution in [0.25, 0.3) is 0 Å². The van der Waals surface area contributed by atoms with Crippen LogP contribution in [0.2, 0.25) is 0 Å². The number of tetrazole rings is 1. The molecule has 2 aromatic rings. The van der Waals surface area contributed by atoms with Gasteiger partial charge in [0.05, 0.1) is 24.5 Å². The van der Waals surface area contributed by atoms with Crippen molar-refractivity contribution in [1.29, 1.82) is 0 Å². The SMILES string of the molecule is NCCn1nnc(CC(=O)NC2Cc3cccc(C(=O)O)c3OB2O)n1. The molecular weight excluding hydrogens is 343 g/mol. The largest absolute Gasteiger partial charge is 0.547 e. The molecule has 1 aliphatic heterocycles. The van der Waals surface area contributed by atoms with Gasteiger partial charge in [-0.3, -0.25) is 4.79 Å². The number of carbonyl (C=O) groups excluding carboxylic acids is 1. The van der Waals surface area contributed by atoms with Crippen molar-refractivity contribution in [3.05, 3.63) is 35.2 Å². The molecule has 0 saturated carbocycles. The van der Waals surface area contributed by atoms with Gasteiger partial charge in [0.15, 0.2) is 5.82 Å². The van der Waals surface area contributed by atoms with Crippen molar-refractivity contribution in [2.24, 2.45) is 5.73 Å². The lowest BCUT2D eigenvalue weighted by Crippen LogP contribution is -2.53. The molecule has 2 heterocycles.